The molecule has 0 amide bonds. The van der Waals surface area contributed by atoms with Gasteiger partial charge >= 0.3 is 0 Å². The van der Waals surface area contributed by atoms with E-state index in [1.54, 1.807) is 6.20 Å². The minimum absolute atomic E-state index is 0.486. The van der Waals surface area contributed by atoms with Crippen LogP contribution in [0.15, 0.2) is 17.9 Å². The van der Waals surface area contributed by atoms with Crippen molar-refractivity contribution < 1.29 is 0 Å². The molecule has 0 fully saturated rings. The summed E-state index contributed by atoms with van der Waals surface area (Å²) < 4.78 is 0. The van der Waals surface area contributed by atoms with Crippen LogP contribution in [0.5, 0.6) is 0 Å². The van der Waals surface area contributed by atoms with Crippen LogP contribution in [0.3, 0.4) is 0 Å². The molecule has 0 spiro atoms. The van der Waals surface area contributed by atoms with Crippen molar-refractivity contribution in [3.63, 3.8) is 0 Å². The van der Waals surface area contributed by atoms with Gasteiger partial charge in [-0.25, -0.2) is 9.97 Å². The predicted molar refractivity (Wildman–Crippen MR) is 53.4 cm³/mol. The predicted octanol–water partition coefficient (Wildman–Crippen LogP) is 2.72. The standard InChI is InChI=1S/C8H9ClN2S/c1-5(9)7-4-10-8(12-3)11-6(7)2/h4H,1H2,2-3H3. The van der Waals surface area contributed by atoms with E-state index in [-0.39, 0.29) is 0 Å². The van der Waals surface area contributed by atoms with E-state index in [1.807, 2.05) is 13.2 Å². The first-order valence-electron chi connectivity index (χ1n) is 3.37. The van der Waals surface area contributed by atoms with Crippen molar-refractivity contribution in [3.8, 4) is 0 Å². The molecule has 64 valence electrons. The second kappa shape index (κ2) is 3.92. The third-order valence-corrected chi connectivity index (χ3v) is 2.20. The van der Waals surface area contributed by atoms with Gasteiger partial charge in [-0.2, -0.15) is 0 Å². The minimum atomic E-state index is 0.486. The van der Waals surface area contributed by atoms with Crippen molar-refractivity contribution in [1.29, 1.82) is 0 Å². The Kier molecular flexibility index (Phi) is 3.12. The molecule has 1 heterocycles. The number of hydrogen-bond donors (Lipinski definition) is 0. The summed E-state index contributed by atoms with van der Waals surface area (Å²) in [5, 5.41) is 1.24. The van der Waals surface area contributed by atoms with E-state index in [1.165, 1.54) is 11.8 Å². The molecular formula is C8H9ClN2S. The van der Waals surface area contributed by atoms with Crippen molar-refractivity contribution in [1.82, 2.24) is 9.97 Å². The number of aromatic nitrogens is 2. The highest BCUT2D eigenvalue weighted by Gasteiger charge is 2.03. The quantitative estimate of drug-likeness (QED) is 0.542. The summed E-state index contributed by atoms with van der Waals surface area (Å²) in [5.41, 5.74) is 1.68. The largest absolute Gasteiger partial charge is 0.230 e. The monoisotopic (exact) mass is 200 g/mol. The van der Waals surface area contributed by atoms with Crippen LogP contribution in [0.1, 0.15) is 11.3 Å². The van der Waals surface area contributed by atoms with Crippen LogP contribution in [0.2, 0.25) is 0 Å². The lowest BCUT2D eigenvalue weighted by Crippen LogP contribution is -1.93. The van der Waals surface area contributed by atoms with Crippen LogP contribution in [0.25, 0.3) is 5.03 Å². The Morgan fingerprint density at radius 1 is 1.67 bits per heavy atom. The Morgan fingerprint density at radius 2 is 2.33 bits per heavy atom. The van der Waals surface area contributed by atoms with Gasteiger partial charge in [-0.1, -0.05) is 29.9 Å². The van der Waals surface area contributed by atoms with Crippen molar-refractivity contribution >= 4 is 28.4 Å². The molecule has 12 heavy (non-hydrogen) atoms. The van der Waals surface area contributed by atoms with Gasteiger partial charge in [-0.3, -0.25) is 0 Å². The van der Waals surface area contributed by atoms with Gasteiger partial charge in [-0.15, -0.1) is 0 Å². The fraction of sp³-hybridized carbons (Fsp3) is 0.250. The van der Waals surface area contributed by atoms with E-state index in [2.05, 4.69) is 16.5 Å². The molecule has 0 aliphatic carbocycles. The van der Waals surface area contributed by atoms with E-state index < -0.39 is 0 Å². The summed E-state index contributed by atoms with van der Waals surface area (Å²) >= 11 is 7.23. The minimum Gasteiger partial charge on any atom is -0.230 e. The number of rotatable bonds is 2. The van der Waals surface area contributed by atoms with Crippen LogP contribution in [-0.4, -0.2) is 16.2 Å². The van der Waals surface area contributed by atoms with Crippen molar-refractivity contribution in [2.75, 3.05) is 6.26 Å². The zero-order chi connectivity index (χ0) is 9.14. The van der Waals surface area contributed by atoms with Gasteiger partial charge in [0.15, 0.2) is 5.16 Å². The highest BCUT2D eigenvalue weighted by molar-refractivity contribution is 7.98. The first kappa shape index (κ1) is 9.55. The molecule has 0 bridgehead atoms. The Hall–Kier alpha value is -0.540. The Bertz CT molecular complexity index is 312. The fourth-order valence-electron chi connectivity index (χ4n) is 0.810. The topological polar surface area (TPSA) is 25.8 Å². The molecule has 0 N–H and O–H groups in total. The lowest BCUT2D eigenvalue weighted by atomic mass is 10.2. The van der Waals surface area contributed by atoms with Crippen LogP contribution in [0.4, 0.5) is 0 Å². The van der Waals surface area contributed by atoms with Crippen molar-refractivity contribution in [3.05, 3.63) is 24.0 Å². The van der Waals surface area contributed by atoms with E-state index in [0.29, 0.717) is 5.03 Å². The molecule has 1 aromatic heterocycles. The van der Waals surface area contributed by atoms with Gasteiger partial charge in [0.1, 0.15) is 0 Å². The smallest absolute Gasteiger partial charge is 0.187 e. The third-order valence-electron chi connectivity index (χ3n) is 1.43. The van der Waals surface area contributed by atoms with Gasteiger partial charge < -0.3 is 0 Å². The highest BCUT2D eigenvalue weighted by atomic mass is 35.5. The molecule has 1 rings (SSSR count). The van der Waals surface area contributed by atoms with Gasteiger partial charge in [0.25, 0.3) is 0 Å². The van der Waals surface area contributed by atoms with Gasteiger partial charge in [0, 0.05) is 16.8 Å². The first-order chi connectivity index (χ1) is 5.65. The summed E-state index contributed by atoms with van der Waals surface area (Å²) in [6, 6.07) is 0. The second-order valence-corrected chi connectivity index (χ2v) is 3.49. The third kappa shape index (κ3) is 1.99. The molecule has 0 saturated heterocycles. The number of aryl methyl sites for hydroxylation is 1. The average Bonchev–Trinajstić information content (AvgIpc) is 2.03. The van der Waals surface area contributed by atoms with Gasteiger partial charge in [-0.05, 0) is 13.2 Å². The van der Waals surface area contributed by atoms with Crippen LogP contribution < -0.4 is 0 Å². The van der Waals surface area contributed by atoms with Crippen molar-refractivity contribution in [2.45, 2.75) is 12.1 Å². The maximum absolute atomic E-state index is 5.72. The number of halogens is 1. The van der Waals surface area contributed by atoms with E-state index >= 15 is 0 Å². The molecule has 0 aromatic carbocycles. The Labute approximate surface area is 81.1 Å². The molecule has 0 atom stereocenters. The summed E-state index contributed by atoms with van der Waals surface area (Å²) in [6.07, 6.45) is 3.63. The molecule has 0 saturated carbocycles. The molecule has 0 unspecified atom stereocenters. The Balaban J connectivity index is 3.12. The number of thioether (sulfide) groups is 1. The summed E-state index contributed by atoms with van der Waals surface area (Å²) in [4.78, 5) is 8.31. The average molecular weight is 201 g/mol. The first-order valence-corrected chi connectivity index (χ1v) is 4.98. The van der Waals surface area contributed by atoms with Gasteiger partial charge in [0.2, 0.25) is 0 Å². The maximum atomic E-state index is 5.72. The zero-order valence-corrected chi connectivity index (χ0v) is 8.54. The maximum Gasteiger partial charge on any atom is 0.187 e. The van der Waals surface area contributed by atoms with Crippen LogP contribution in [0, 0.1) is 6.92 Å². The van der Waals surface area contributed by atoms with E-state index in [4.69, 9.17) is 11.6 Å². The van der Waals surface area contributed by atoms with E-state index in [0.717, 1.165) is 16.4 Å². The van der Waals surface area contributed by atoms with Crippen LogP contribution in [-0.2, 0) is 0 Å². The molecule has 1 aromatic rings. The molecule has 0 aliphatic heterocycles. The summed E-state index contributed by atoms with van der Waals surface area (Å²) in [5.74, 6) is 0. The van der Waals surface area contributed by atoms with Crippen LogP contribution >= 0.6 is 23.4 Å². The normalized spacial score (nSPS) is 9.92. The SMILES string of the molecule is C=C(Cl)c1cnc(SC)nc1C. The fourth-order valence-corrected chi connectivity index (χ4v) is 1.38. The molecule has 0 radical (unpaired) electrons. The molecule has 2 nitrogen and oxygen atoms in total. The second-order valence-electron chi connectivity index (χ2n) is 2.26. The lowest BCUT2D eigenvalue weighted by molar-refractivity contribution is 0.929. The molecule has 0 aliphatic rings. The Morgan fingerprint density at radius 3 is 2.75 bits per heavy atom. The number of hydrogen-bond acceptors (Lipinski definition) is 3. The molecule has 4 heteroatoms. The number of nitrogens with zero attached hydrogens (tertiary/aromatic N) is 2. The zero-order valence-electron chi connectivity index (χ0n) is 6.97. The van der Waals surface area contributed by atoms with Gasteiger partial charge in [0.05, 0.1) is 5.69 Å². The summed E-state index contributed by atoms with van der Waals surface area (Å²) in [7, 11) is 0. The van der Waals surface area contributed by atoms with E-state index in [9.17, 15) is 0 Å². The van der Waals surface area contributed by atoms with Crippen molar-refractivity contribution in [2.24, 2.45) is 0 Å². The highest BCUT2D eigenvalue weighted by Crippen LogP contribution is 2.19. The molecular weight excluding hydrogens is 192 g/mol. The summed E-state index contributed by atoms with van der Waals surface area (Å²) in [6.45, 7) is 5.51. The lowest BCUT2D eigenvalue weighted by Gasteiger charge is -2.02.